The van der Waals surface area contributed by atoms with Gasteiger partial charge < -0.3 is 15.2 Å². The van der Waals surface area contributed by atoms with Gasteiger partial charge in [0, 0.05) is 67.1 Å². The van der Waals surface area contributed by atoms with Gasteiger partial charge in [-0.25, -0.2) is 0 Å². The molecule has 0 spiro atoms. The first kappa shape index (κ1) is 30.8. The molecule has 0 aliphatic rings. The molecule has 0 saturated heterocycles. The maximum absolute atomic E-state index is 11.2. The number of benzene rings is 3. The maximum atomic E-state index is 11.2. The lowest BCUT2D eigenvalue weighted by molar-refractivity contribution is 0.444. The van der Waals surface area contributed by atoms with E-state index >= 15 is 0 Å². The van der Waals surface area contributed by atoms with Crippen molar-refractivity contribution in [1.29, 1.82) is 0 Å². The van der Waals surface area contributed by atoms with Crippen molar-refractivity contribution < 1.29 is 10.2 Å². The van der Waals surface area contributed by atoms with Gasteiger partial charge in [0.05, 0.1) is 12.6 Å². The highest BCUT2D eigenvalue weighted by molar-refractivity contribution is 7.98. The molecule has 1 aromatic heterocycles. The van der Waals surface area contributed by atoms with Gasteiger partial charge in [0.2, 0.25) is 0 Å². The first-order chi connectivity index (χ1) is 19.3. The molecule has 216 valence electrons. The standard InChI is InChI=1S/C34H41N3O2S2/c1-33(2,3)27-15-23(40-7)13-21(31(27)38)17-35-20-30(26-19-37-29-12-10-9-11-25(26)29)36-18-22-14-24(41-8)16-28(32(22)39)34(4,5)6/h9-19,30,37-39H,20H2,1-8H3. The SMILES string of the molecule is CSc1cc(C=NCC(N=Cc2cc(SC)cc(C(C)(C)C)c2O)c2c[nH]c3ccccc23)c(O)c(C(C)(C)C)c1. The van der Waals surface area contributed by atoms with Gasteiger partial charge >= 0.3 is 0 Å². The molecular weight excluding hydrogens is 547 g/mol. The molecular formula is C34H41N3O2S2. The summed E-state index contributed by atoms with van der Waals surface area (Å²) in [5, 5.41) is 23.4. The van der Waals surface area contributed by atoms with Crippen LogP contribution in [0.15, 0.2) is 74.5 Å². The zero-order chi connectivity index (χ0) is 29.9. The molecule has 0 bridgehead atoms. The van der Waals surface area contributed by atoms with Gasteiger partial charge in [0.25, 0.3) is 0 Å². The van der Waals surface area contributed by atoms with Crippen LogP contribution in [0.4, 0.5) is 0 Å². The van der Waals surface area contributed by atoms with Crippen molar-refractivity contribution in [3.8, 4) is 11.5 Å². The van der Waals surface area contributed by atoms with E-state index in [1.165, 1.54) is 0 Å². The fourth-order valence-corrected chi connectivity index (χ4v) is 5.81. The second-order valence-corrected chi connectivity index (χ2v) is 14.1. The lowest BCUT2D eigenvalue weighted by Gasteiger charge is -2.22. The summed E-state index contributed by atoms with van der Waals surface area (Å²) in [5.41, 5.74) is 4.84. The minimum Gasteiger partial charge on any atom is -0.507 e. The van der Waals surface area contributed by atoms with E-state index in [1.54, 1.807) is 36.0 Å². The van der Waals surface area contributed by atoms with E-state index in [1.807, 2.05) is 49.0 Å². The van der Waals surface area contributed by atoms with E-state index in [4.69, 9.17) is 9.98 Å². The third-order valence-corrected chi connectivity index (χ3v) is 8.61. The average molecular weight is 588 g/mol. The molecule has 0 aliphatic carbocycles. The summed E-state index contributed by atoms with van der Waals surface area (Å²) < 4.78 is 0. The van der Waals surface area contributed by atoms with E-state index in [9.17, 15) is 10.2 Å². The molecule has 0 saturated carbocycles. The number of phenols is 2. The number of phenolic OH excluding ortho intramolecular Hbond substituents is 2. The molecule has 1 heterocycles. The predicted octanol–water partition coefficient (Wildman–Crippen LogP) is 8.90. The Balaban J connectivity index is 1.75. The topological polar surface area (TPSA) is 81.0 Å². The monoisotopic (exact) mass is 587 g/mol. The third-order valence-electron chi connectivity index (χ3n) is 7.20. The zero-order valence-corrected chi connectivity index (χ0v) is 26.9. The number of rotatable bonds is 8. The Morgan fingerprint density at radius 2 is 1.34 bits per heavy atom. The van der Waals surface area contributed by atoms with Gasteiger partial charge in [0.15, 0.2) is 0 Å². The summed E-state index contributed by atoms with van der Waals surface area (Å²) in [6, 6.07) is 15.9. The van der Waals surface area contributed by atoms with Gasteiger partial charge in [0.1, 0.15) is 11.5 Å². The van der Waals surface area contributed by atoms with Crippen LogP contribution < -0.4 is 0 Å². The Morgan fingerprint density at radius 3 is 1.88 bits per heavy atom. The Labute approximate surface area is 252 Å². The number of aromatic amines is 1. The molecule has 0 amide bonds. The van der Waals surface area contributed by atoms with Crippen molar-refractivity contribution in [3.63, 3.8) is 0 Å². The summed E-state index contributed by atoms with van der Waals surface area (Å²) in [4.78, 5) is 15.3. The van der Waals surface area contributed by atoms with Crippen LogP contribution in [-0.2, 0) is 10.8 Å². The van der Waals surface area contributed by atoms with Crippen LogP contribution in [-0.4, -0.2) is 46.7 Å². The number of aromatic nitrogens is 1. The number of hydrogen-bond acceptors (Lipinski definition) is 6. The summed E-state index contributed by atoms with van der Waals surface area (Å²) in [6.07, 6.45) is 9.59. The Morgan fingerprint density at radius 1 is 0.805 bits per heavy atom. The number of hydrogen-bond donors (Lipinski definition) is 3. The molecule has 4 rings (SSSR count). The van der Waals surface area contributed by atoms with Crippen LogP contribution in [0.25, 0.3) is 10.9 Å². The quantitative estimate of drug-likeness (QED) is 0.142. The normalized spacial score (nSPS) is 13.6. The van der Waals surface area contributed by atoms with Crippen LogP contribution in [0, 0.1) is 0 Å². The molecule has 0 aliphatic heterocycles. The number of nitrogens with one attached hydrogen (secondary N) is 1. The van der Waals surface area contributed by atoms with E-state index in [2.05, 4.69) is 64.7 Å². The second kappa shape index (κ2) is 12.4. The van der Waals surface area contributed by atoms with Crippen molar-refractivity contribution in [2.45, 2.75) is 68.2 Å². The molecule has 3 N–H and O–H groups in total. The third kappa shape index (κ3) is 7.02. The molecule has 41 heavy (non-hydrogen) atoms. The fourth-order valence-electron chi connectivity index (χ4n) is 4.85. The lowest BCUT2D eigenvalue weighted by atomic mass is 9.85. The van der Waals surface area contributed by atoms with Gasteiger partial charge in [-0.3, -0.25) is 9.98 Å². The molecule has 0 fully saturated rings. The minimum absolute atomic E-state index is 0.200. The predicted molar refractivity (Wildman–Crippen MR) is 178 cm³/mol. The first-order valence-corrected chi connectivity index (χ1v) is 16.2. The number of aromatic hydroxyl groups is 2. The highest BCUT2D eigenvalue weighted by atomic mass is 32.2. The lowest BCUT2D eigenvalue weighted by Crippen LogP contribution is -2.12. The Bertz CT molecular complexity index is 1590. The first-order valence-electron chi connectivity index (χ1n) is 13.8. The summed E-state index contributed by atoms with van der Waals surface area (Å²) in [7, 11) is 0. The molecule has 5 nitrogen and oxygen atoms in total. The number of nitrogens with zero attached hydrogens (tertiary/aromatic N) is 2. The fraction of sp³-hybridized carbons (Fsp3) is 0.353. The summed E-state index contributed by atoms with van der Waals surface area (Å²) in [5.74, 6) is 0.522. The number of fused-ring (bicyclic) bond motifs is 1. The van der Waals surface area contributed by atoms with Gasteiger partial charge in [-0.15, -0.1) is 23.5 Å². The molecule has 7 heteroatoms. The van der Waals surface area contributed by atoms with Crippen LogP contribution >= 0.6 is 23.5 Å². The number of para-hydroxylation sites is 1. The average Bonchev–Trinajstić information content (AvgIpc) is 3.35. The van der Waals surface area contributed by atoms with E-state index in [0.29, 0.717) is 17.7 Å². The number of aliphatic imine (C=N–C) groups is 2. The van der Waals surface area contributed by atoms with Crippen molar-refractivity contribution in [2.24, 2.45) is 9.98 Å². The minimum atomic E-state index is -0.300. The largest absolute Gasteiger partial charge is 0.507 e. The number of H-pyrrole nitrogens is 1. The molecule has 3 aromatic carbocycles. The van der Waals surface area contributed by atoms with Gasteiger partial charge in [-0.05, 0) is 53.7 Å². The zero-order valence-electron chi connectivity index (χ0n) is 25.2. The van der Waals surface area contributed by atoms with Crippen molar-refractivity contribution in [3.05, 3.63) is 82.5 Å². The second-order valence-electron chi connectivity index (χ2n) is 12.3. The van der Waals surface area contributed by atoms with E-state index in [-0.39, 0.29) is 28.4 Å². The van der Waals surface area contributed by atoms with Crippen LogP contribution in [0.5, 0.6) is 11.5 Å². The number of thioether (sulfide) groups is 2. The summed E-state index contributed by atoms with van der Waals surface area (Å²) >= 11 is 3.30. The van der Waals surface area contributed by atoms with Crippen molar-refractivity contribution in [1.82, 2.24) is 4.98 Å². The maximum Gasteiger partial charge on any atom is 0.128 e. The van der Waals surface area contributed by atoms with Crippen LogP contribution in [0.1, 0.15) is 75.4 Å². The molecule has 0 radical (unpaired) electrons. The molecule has 1 atom stereocenters. The Hall–Kier alpha value is -3.16. The smallest absolute Gasteiger partial charge is 0.128 e. The van der Waals surface area contributed by atoms with E-state index in [0.717, 1.165) is 37.4 Å². The van der Waals surface area contributed by atoms with Crippen LogP contribution in [0.3, 0.4) is 0 Å². The Kier molecular flexibility index (Phi) is 9.29. The molecule has 1 unspecified atom stereocenters. The highest BCUT2D eigenvalue weighted by Gasteiger charge is 2.23. The van der Waals surface area contributed by atoms with Gasteiger partial charge in [-0.1, -0.05) is 59.7 Å². The van der Waals surface area contributed by atoms with E-state index < -0.39 is 0 Å². The highest BCUT2D eigenvalue weighted by Crippen LogP contribution is 2.38. The molecule has 4 aromatic rings. The van der Waals surface area contributed by atoms with Crippen molar-refractivity contribution >= 4 is 46.9 Å². The van der Waals surface area contributed by atoms with Gasteiger partial charge in [-0.2, -0.15) is 0 Å². The summed E-state index contributed by atoms with van der Waals surface area (Å²) in [6.45, 7) is 13.0. The van der Waals surface area contributed by atoms with Crippen LogP contribution in [0.2, 0.25) is 0 Å². The van der Waals surface area contributed by atoms with Crippen molar-refractivity contribution in [2.75, 3.05) is 19.1 Å².